The van der Waals surface area contributed by atoms with Gasteiger partial charge in [-0.05, 0) is 107 Å². The number of hydrogen-bond acceptors (Lipinski definition) is 4. The lowest BCUT2D eigenvalue weighted by molar-refractivity contribution is 0.0168. The van der Waals surface area contributed by atoms with Gasteiger partial charge in [-0.15, -0.1) is 0 Å². The summed E-state index contributed by atoms with van der Waals surface area (Å²) in [6.45, 7) is 7.82. The van der Waals surface area contributed by atoms with Crippen LogP contribution in [0.2, 0.25) is 0 Å². The number of likely N-dealkylation sites (tertiary alicyclic amines) is 1. The lowest BCUT2D eigenvalue weighted by Crippen LogP contribution is -2.46. The SMILES string of the molecule is CC(C)(C)OC(=O)N1CCC[C@@]1(C)/C=C/N(C(=O)Nc1c2c(cc3c1CCC3)CCC2)S(=O)O. The second kappa shape index (κ2) is 9.34. The molecule has 3 aliphatic rings. The van der Waals surface area contributed by atoms with Crippen LogP contribution >= 0.6 is 0 Å². The van der Waals surface area contributed by atoms with Gasteiger partial charge in [0.15, 0.2) is 0 Å². The van der Waals surface area contributed by atoms with Crippen molar-refractivity contribution in [2.24, 2.45) is 0 Å². The van der Waals surface area contributed by atoms with Crippen molar-refractivity contribution in [1.29, 1.82) is 0 Å². The number of anilines is 1. The van der Waals surface area contributed by atoms with E-state index >= 15 is 0 Å². The van der Waals surface area contributed by atoms with Crippen molar-refractivity contribution in [3.8, 4) is 0 Å². The molecule has 1 fully saturated rings. The van der Waals surface area contributed by atoms with E-state index in [2.05, 4.69) is 11.4 Å². The van der Waals surface area contributed by atoms with Crippen molar-refractivity contribution in [1.82, 2.24) is 9.21 Å². The van der Waals surface area contributed by atoms with Crippen molar-refractivity contribution in [3.05, 3.63) is 40.6 Å². The molecule has 2 aliphatic carbocycles. The first-order valence-electron chi connectivity index (χ1n) is 12.1. The maximum Gasteiger partial charge on any atom is 0.410 e. The predicted molar refractivity (Wildman–Crippen MR) is 132 cm³/mol. The highest BCUT2D eigenvalue weighted by atomic mass is 32.2. The number of nitrogens with one attached hydrogen (secondary N) is 1. The number of rotatable bonds is 4. The monoisotopic (exact) mass is 489 g/mol. The molecule has 9 heteroatoms. The Morgan fingerprint density at radius 1 is 1.15 bits per heavy atom. The van der Waals surface area contributed by atoms with Crippen LogP contribution in [0.1, 0.15) is 75.6 Å². The maximum atomic E-state index is 13.2. The van der Waals surface area contributed by atoms with Gasteiger partial charge in [0, 0.05) is 18.4 Å². The third-order valence-electron chi connectivity index (χ3n) is 6.94. The zero-order chi connectivity index (χ0) is 24.7. The highest BCUT2D eigenvalue weighted by molar-refractivity contribution is 7.77. The van der Waals surface area contributed by atoms with Crippen molar-refractivity contribution < 1.29 is 23.1 Å². The van der Waals surface area contributed by atoms with Crippen LogP contribution in [0.3, 0.4) is 0 Å². The molecule has 34 heavy (non-hydrogen) atoms. The molecule has 1 unspecified atom stereocenters. The van der Waals surface area contributed by atoms with Gasteiger partial charge in [-0.2, -0.15) is 4.31 Å². The maximum absolute atomic E-state index is 13.2. The molecule has 0 saturated carbocycles. The van der Waals surface area contributed by atoms with E-state index in [-0.39, 0.29) is 0 Å². The molecule has 1 saturated heterocycles. The van der Waals surface area contributed by atoms with Gasteiger partial charge in [0.1, 0.15) is 5.60 Å². The van der Waals surface area contributed by atoms with Crippen LogP contribution in [-0.2, 0) is 41.7 Å². The molecule has 1 aromatic rings. The van der Waals surface area contributed by atoms with Gasteiger partial charge in [0.05, 0.1) is 5.54 Å². The van der Waals surface area contributed by atoms with Gasteiger partial charge in [0.25, 0.3) is 11.3 Å². The zero-order valence-corrected chi connectivity index (χ0v) is 21.3. The van der Waals surface area contributed by atoms with Crippen molar-refractivity contribution in [3.63, 3.8) is 0 Å². The number of carbonyl (C=O) groups excluding carboxylic acids is 2. The number of amides is 3. The largest absolute Gasteiger partial charge is 0.444 e. The van der Waals surface area contributed by atoms with Crippen LogP contribution in [0.15, 0.2) is 18.3 Å². The highest BCUT2D eigenvalue weighted by Crippen LogP contribution is 2.39. The number of benzene rings is 1. The average molecular weight is 490 g/mol. The van der Waals surface area contributed by atoms with Crippen LogP contribution in [0, 0.1) is 0 Å². The Labute approximate surface area is 204 Å². The van der Waals surface area contributed by atoms with Crippen LogP contribution < -0.4 is 5.32 Å². The molecule has 1 heterocycles. The fraction of sp³-hybridized carbons (Fsp3) is 0.600. The molecule has 0 bridgehead atoms. The Hall–Kier alpha value is -2.39. The zero-order valence-electron chi connectivity index (χ0n) is 20.5. The Bertz CT molecular complexity index is 1020. The fourth-order valence-electron chi connectivity index (χ4n) is 5.32. The number of carbonyl (C=O) groups is 2. The molecule has 4 rings (SSSR count). The Morgan fingerprint density at radius 3 is 2.32 bits per heavy atom. The third-order valence-corrected chi connectivity index (χ3v) is 7.56. The summed E-state index contributed by atoms with van der Waals surface area (Å²) in [6.07, 6.45) is 9.87. The Morgan fingerprint density at radius 2 is 1.76 bits per heavy atom. The summed E-state index contributed by atoms with van der Waals surface area (Å²) in [6, 6.07) is 1.62. The van der Waals surface area contributed by atoms with E-state index in [1.807, 2.05) is 27.7 Å². The van der Waals surface area contributed by atoms with Gasteiger partial charge < -0.3 is 10.1 Å². The first-order valence-corrected chi connectivity index (χ1v) is 13.1. The Kier molecular flexibility index (Phi) is 6.79. The molecule has 186 valence electrons. The number of hydrogen-bond donors (Lipinski definition) is 2. The lowest BCUT2D eigenvalue weighted by Gasteiger charge is -2.34. The molecule has 3 amide bonds. The highest BCUT2D eigenvalue weighted by Gasteiger charge is 2.40. The minimum atomic E-state index is -2.56. The summed E-state index contributed by atoms with van der Waals surface area (Å²) in [5.74, 6) is 0. The molecule has 0 radical (unpaired) electrons. The molecular weight excluding hydrogens is 454 g/mol. The number of fused-ring (bicyclic) bond motifs is 2. The van der Waals surface area contributed by atoms with E-state index in [1.165, 1.54) is 17.3 Å². The summed E-state index contributed by atoms with van der Waals surface area (Å²) >= 11 is -2.56. The van der Waals surface area contributed by atoms with Gasteiger partial charge in [0.2, 0.25) is 0 Å². The molecule has 0 spiro atoms. The average Bonchev–Trinajstić information content (AvgIpc) is 3.45. The summed E-state index contributed by atoms with van der Waals surface area (Å²) in [7, 11) is 0. The van der Waals surface area contributed by atoms with Crippen LogP contribution in [0.4, 0.5) is 15.3 Å². The lowest BCUT2D eigenvalue weighted by atomic mass is 9.99. The van der Waals surface area contributed by atoms with E-state index in [0.29, 0.717) is 13.0 Å². The normalized spacial score (nSPS) is 22.6. The van der Waals surface area contributed by atoms with Crippen LogP contribution in [0.5, 0.6) is 0 Å². The van der Waals surface area contributed by atoms with E-state index < -0.39 is 34.5 Å². The second-order valence-corrected chi connectivity index (χ2v) is 11.5. The minimum Gasteiger partial charge on any atom is -0.444 e. The standard InChI is InChI=1S/C25H35N3O5S/c1-24(2,3)33-23(30)27-14-7-12-25(27,4)13-15-28(34(31)32)22(29)26-21-19-10-5-8-17(19)16-18-9-6-11-20(18)21/h13,15-16H,5-12,14H2,1-4H3,(H,26,29)(H,31,32)/b15-13+/t25-/m0/s1. The van der Waals surface area contributed by atoms with Gasteiger partial charge in [-0.25, -0.2) is 13.8 Å². The van der Waals surface area contributed by atoms with E-state index in [9.17, 15) is 18.4 Å². The quantitative estimate of drug-likeness (QED) is 0.584. The molecule has 2 atom stereocenters. The van der Waals surface area contributed by atoms with Gasteiger partial charge >= 0.3 is 12.1 Å². The topological polar surface area (TPSA) is 99.2 Å². The summed E-state index contributed by atoms with van der Waals surface area (Å²) in [5, 5.41) is 2.95. The van der Waals surface area contributed by atoms with Crippen LogP contribution in [-0.4, -0.2) is 47.8 Å². The van der Waals surface area contributed by atoms with Gasteiger partial charge in [-0.3, -0.25) is 9.45 Å². The predicted octanol–water partition coefficient (Wildman–Crippen LogP) is 4.94. The second-order valence-electron chi connectivity index (χ2n) is 10.6. The van der Waals surface area contributed by atoms with Gasteiger partial charge in [-0.1, -0.05) is 6.07 Å². The first-order chi connectivity index (χ1) is 16.0. The molecular formula is C25H35N3O5S. The third kappa shape index (κ3) is 5.00. The summed E-state index contributed by atoms with van der Waals surface area (Å²) in [4.78, 5) is 27.5. The Balaban J connectivity index is 1.55. The molecule has 1 aromatic carbocycles. The smallest absolute Gasteiger partial charge is 0.410 e. The van der Waals surface area contributed by atoms with E-state index in [0.717, 1.165) is 66.1 Å². The molecule has 2 N–H and O–H groups in total. The molecule has 8 nitrogen and oxygen atoms in total. The molecule has 0 aromatic heterocycles. The fourth-order valence-corrected chi connectivity index (χ4v) is 5.68. The first kappa shape index (κ1) is 24.7. The van der Waals surface area contributed by atoms with Crippen molar-refractivity contribution in [2.75, 3.05) is 11.9 Å². The number of ether oxygens (including phenoxy) is 1. The number of nitrogens with zero attached hydrogens (tertiary/aromatic N) is 2. The molecule has 1 aliphatic heterocycles. The van der Waals surface area contributed by atoms with E-state index in [4.69, 9.17) is 4.74 Å². The van der Waals surface area contributed by atoms with E-state index in [1.54, 1.807) is 11.0 Å². The van der Waals surface area contributed by atoms with Crippen LogP contribution in [0.25, 0.3) is 0 Å². The number of aryl methyl sites for hydroxylation is 2. The summed E-state index contributed by atoms with van der Waals surface area (Å²) in [5.41, 5.74) is 4.32. The van der Waals surface area contributed by atoms with Crippen molar-refractivity contribution in [2.45, 2.75) is 90.2 Å². The minimum absolute atomic E-state index is 0.436. The number of urea groups is 1. The van der Waals surface area contributed by atoms with Crippen molar-refractivity contribution >= 4 is 29.1 Å². The summed E-state index contributed by atoms with van der Waals surface area (Å²) < 4.78 is 28.4.